The van der Waals surface area contributed by atoms with Gasteiger partial charge in [-0.15, -0.1) is 0 Å². The van der Waals surface area contributed by atoms with E-state index < -0.39 is 49.7 Å². The average molecular weight is 559 g/mol. The molecule has 1 saturated heterocycles. The highest BCUT2D eigenvalue weighted by molar-refractivity contribution is 5.85. The second-order valence-electron chi connectivity index (χ2n) is 10.2. The van der Waals surface area contributed by atoms with Crippen molar-refractivity contribution in [2.24, 2.45) is 0 Å². The number of alkyl halides is 6. The highest BCUT2D eigenvalue weighted by atomic mass is 19.4. The maximum absolute atomic E-state index is 15.8. The molecular weight excluding hydrogens is 529 g/mol. The van der Waals surface area contributed by atoms with E-state index in [1.165, 1.54) is 12.1 Å². The molecule has 12 heteroatoms. The fourth-order valence-corrected chi connectivity index (χ4v) is 5.75. The summed E-state index contributed by atoms with van der Waals surface area (Å²) < 4.78 is 101. The summed E-state index contributed by atoms with van der Waals surface area (Å²) in [4.78, 5) is 6.28. The normalized spacial score (nSPS) is 20.8. The molecule has 0 radical (unpaired) electrons. The second-order valence-corrected chi connectivity index (χ2v) is 10.2. The van der Waals surface area contributed by atoms with Crippen LogP contribution in [0.25, 0.3) is 10.9 Å². The Morgan fingerprint density at radius 3 is 2.56 bits per heavy atom. The predicted octanol–water partition coefficient (Wildman–Crippen LogP) is 6.26. The predicted molar refractivity (Wildman–Crippen MR) is 134 cm³/mol. The van der Waals surface area contributed by atoms with E-state index in [9.17, 15) is 26.3 Å². The maximum Gasteiger partial charge on any atom is 0.401 e. The number of halogens is 7. The summed E-state index contributed by atoms with van der Waals surface area (Å²) in [5.74, 6) is -1.89. The highest BCUT2D eigenvalue weighted by Crippen LogP contribution is 2.46. The number of aromatic amines is 1. The van der Waals surface area contributed by atoms with Gasteiger partial charge in [0, 0.05) is 47.8 Å². The van der Waals surface area contributed by atoms with Crippen LogP contribution in [0.3, 0.4) is 0 Å². The zero-order chi connectivity index (χ0) is 27.9. The van der Waals surface area contributed by atoms with E-state index in [1.807, 2.05) is 17.0 Å². The fraction of sp³-hybridized carbons (Fsp3) is 0.481. The van der Waals surface area contributed by atoms with Crippen molar-refractivity contribution in [2.45, 2.75) is 50.7 Å². The van der Waals surface area contributed by atoms with Gasteiger partial charge in [0.15, 0.2) is 11.6 Å². The van der Waals surface area contributed by atoms with Crippen molar-refractivity contribution in [2.75, 3.05) is 38.2 Å². The number of likely N-dealkylation sites (tertiary alicyclic amines) is 1. The lowest BCUT2D eigenvalue weighted by atomic mass is 9.88. The van der Waals surface area contributed by atoms with Gasteiger partial charge in [0.1, 0.15) is 0 Å². The summed E-state index contributed by atoms with van der Waals surface area (Å²) >= 11 is 0. The van der Waals surface area contributed by atoms with Crippen LogP contribution in [0.4, 0.5) is 36.4 Å². The molecule has 2 aromatic carbocycles. The topological polar surface area (TPSA) is 43.5 Å². The Morgan fingerprint density at radius 1 is 1.13 bits per heavy atom. The molecule has 3 heterocycles. The second kappa shape index (κ2) is 10.9. The molecule has 2 aliphatic rings. The lowest BCUT2D eigenvalue weighted by molar-refractivity contribution is -0.155. The molecule has 2 atom stereocenters. The summed E-state index contributed by atoms with van der Waals surface area (Å²) in [6, 6.07) is 7.87. The summed E-state index contributed by atoms with van der Waals surface area (Å²) in [6.07, 6.45) is -3.91. The summed E-state index contributed by atoms with van der Waals surface area (Å²) in [7, 11) is 0. The van der Waals surface area contributed by atoms with Crippen molar-refractivity contribution in [3.8, 4) is 5.75 Å². The number of nitrogens with zero attached hydrogens (tertiary/aromatic N) is 2. The van der Waals surface area contributed by atoms with Crippen LogP contribution in [-0.2, 0) is 6.42 Å². The SMILES string of the molecule is C[C@@H]1Cc2c([nH]c3ccccc23)C(c2ccc(NC3CN(CCCF)C3)c(F)c2OC(F)F)N1CC(F)(F)F. The molecule has 2 N–H and O–H groups in total. The molecular formula is C27H29F7N4O. The zero-order valence-corrected chi connectivity index (χ0v) is 21.2. The van der Waals surface area contributed by atoms with Crippen molar-refractivity contribution in [3.05, 3.63) is 59.0 Å². The molecule has 0 bridgehead atoms. The number of anilines is 1. The molecule has 3 aromatic rings. The van der Waals surface area contributed by atoms with E-state index in [0.717, 1.165) is 15.8 Å². The van der Waals surface area contributed by atoms with Gasteiger partial charge in [-0.25, -0.2) is 4.39 Å². The smallest absolute Gasteiger partial charge is 0.401 e. The first-order chi connectivity index (χ1) is 18.6. The number of hydrogen-bond acceptors (Lipinski definition) is 4. The summed E-state index contributed by atoms with van der Waals surface area (Å²) in [5, 5.41) is 3.77. The van der Waals surface area contributed by atoms with E-state index in [4.69, 9.17) is 0 Å². The van der Waals surface area contributed by atoms with Gasteiger partial charge >= 0.3 is 12.8 Å². The van der Waals surface area contributed by atoms with Crippen LogP contribution in [0.2, 0.25) is 0 Å². The van der Waals surface area contributed by atoms with Crippen LogP contribution in [-0.4, -0.2) is 72.5 Å². The van der Waals surface area contributed by atoms with E-state index >= 15 is 4.39 Å². The molecule has 5 rings (SSSR count). The first kappa shape index (κ1) is 27.6. The van der Waals surface area contributed by atoms with Gasteiger partial charge in [0.05, 0.1) is 31.0 Å². The molecule has 1 fully saturated rings. The molecule has 39 heavy (non-hydrogen) atoms. The standard InChI is InChI=1S/C27H29F7N4O/c1-15-11-19-17-5-2-3-6-20(17)36-23(19)24(38(15)14-27(32,33)34)18-7-8-21(22(29)25(18)39-26(30)31)35-16-12-37(13-16)10-4-9-28/h2-3,5-8,15-16,24,26,35-36H,4,9-14H2,1H3/t15-,24?/m1/s1. The number of aromatic nitrogens is 1. The van der Waals surface area contributed by atoms with Gasteiger partial charge in [0.25, 0.3) is 0 Å². The number of H-pyrrole nitrogens is 1. The van der Waals surface area contributed by atoms with Crippen molar-refractivity contribution < 1.29 is 35.5 Å². The number of nitrogens with one attached hydrogen (secondary N) is 2. The average Bonchev–Trinajstić information content (AvgIpc) is 3.20. The van der Waals surface area contributed by atoms with E-state index in [0.29, 0.717) is 43.7 Å². The molecule has 0 amide bonds. The van der Waals surface area contributed by atoms with Crippen molar-refractivity contribution in [3.63, 3.8) is 0 Å². The zero-order valence-electron chi connectivity index (χ0n) is 21.2. The Balaban J connectivity index is 1.56. The quantitative estimate of drug-likeness (QED) is 0.304. The van der Waals surface area contributed by atoms with Crippen molar-refractivity contribution >= 4 is 16.6 Å². The van der Waals surface area contributed by atoms with E-state index in [-0.39, 0.29) is 17.3 Å². The van der Waals surface area contributed by atoms with E-state index in [1.54, 1.807) is 19.1 Å². The van der Waals surface area contributed by atoms with Gasteiger partial charge in [-0.1, -0.05) is 24.3 Å². The fourth-order valence-electron chi connectivity index (χ4n) is 5.75. The Bertz CT molecular complexity index is 1310. The molecule has 5 nitrogen and oxygen atoms in total. The molecule has 1 aromatic heterocycles. The first-order valence-electron chi connectivity index (χ1n) is 12.8. The van der Waals surface area contributed by atoms with Crippen molar-refractivity contribution in [1.29, 1.82) is 0 Å². The van der Waals surface area contributed by atoms with Crippen LogP contribution < -0.4 is 10.1 Å². The number of rotatable bonds is 9. The Morgan fingerprint density at radius 2 is 1.87 bits per heavy atom. The number of hydrogen-bond donors (Lipinski definition) is 2. The first-order valence-corrected chi connectivity index (χ1v) is 12.8. The van der Waals surface area contributed by atoms with Crippen LogP contribution in [0.5, 0.6) is 5.75 Å². The van der Waals surface area contributed by atoms with Gasteiger partial charge in [-0.2, -0.15) is 22.0 Å². The van der Waals surface area contributed by atoms with E-state index in [2.05, 4.69) is 15.0 Å². The molecule has 0 saturated carbocycles. The minimum absolute atomic E-state index is 0.0901. The monoisotopic (exact) mass is 558 g/mol. The number of ether oxygens (including phenoxy) is 1. The number of benzene rings is 2. The maximum atomic E-state index is 15.8. The van der Waals surface area contributed by atoms with Gasteiger partial charge in [0.2, 0.25) is 0 Å². The molecule has 0 spiro atoms. The third kappa shape index (κ3) is 5.67. The van der Waals surface area contributed by atoms with Crippen LogP contribution >= 0.6 is 0 Å². The molecule has 212 valence electrons. The largest absolute Gasteiger partial charge is 0.431 e. The Labute approximate surface area is 220 Å². The van der Waals surface area contributed by atoms with Crippen LogP contribution in [0.1, 0.15) is 36.2 Å². The Kier molecular flexibility index (Phi) is 7.69. The van der Waals surface area contributed by atoms with Crippen LogP contribution in [0.15, 0.2) is 36.4 Å². The van der Waals surface area contributed by atoms with Gasteiger partial charge in [-0.3, -0.25) is 14.2 Å². The molecule has 1 unspecified atom stereocenters. The third-order valence-electron chi connectivity index (χ3n) is 7.43. The summed E-state index contributed by atoms with van der Waals surface area (Å²) in [5.41, 5.74) is 1.62. The van der Waals surface area contributed by atoms with Gasteiger partial charge in [-0.05, 0) is 37.5 Å². The highest BCUT2D eigenvalue weighted by Gasteiger charge is 2.43. The lowest BCUT2D eigenvalue weighted by Gasteiger charge is -2.42. The minimum atomic E-state index is -4.59. The minimum Gasteiger partial charge on any atom is -0.431 e. The Hall–Kier alpha value is -2.99. The number of para-hydroxylation sites is 1. The molecule has 2 aliphatic heterocycles. The van der Waals surface area contributed by atoms with Gasteiger partial charge < -0.3 is 15.0 Å². The van der Waals surface area contributed by atoms with Crippen molar-refractivity contribution in [1.82, 2.24) is 14.8 Å². The lowest BCUT2D eigenvalue weighted by Crippen LogP contribution is -2.54. The van der Waals surface area contributed by atoms with Crippen LogP contribution in [0, 0.1) is 5.82 Å². The number of fused-ring (bicyclic) bond motifs is 3. The third-order valence-corrected chi connectivity index (χ3v) is 7.43. The molecule has 0 aliphatic carbocycles. The summed E-state index contributed by atoms with van der Waals surface area (Å²) in [6.45, 7) is -1.93.